The first kappa shape index (κ1) is 9.86. The molecule has 1 aliphatic heterocycles. The smallest absolute Gasteiger partial charge is 0.0234 e. The Balaban J connectivity index is 1.70. The fourth-order valence-corrected chi connectivity index (χ4v) is 3.44. The summed E-state index contributed by atoms with van der Waals surface area (Å²) in [6, 6.07) is 6.72. The molecule has 0 spiro atoms. The molecule has 1 heterocycles. The molecule has 1 nitrogen and oxygen atoms in total. The van der Waals surface area contributed by atoms with Crippen LogP contribution in [0.4, 0.5) is 0 Å². The molecule has 0 aromatic heterocycles. The third-order valence-electron chi connectivity index (χ3n) is 3.56. The highest BCUT2D eigenvalue weighted by Gasteiger charge is 2.44. The lowest BCUT2D eigenvalue weighted by molar-refractivity contribution is 0.297. The van der Waals surface area contributed by atoms with Crippen molar-refractivity contribution in [3.05, 3.63) is 33.8 Å². The molecule has 1 aliphatic carbocycles. The average molecular weight is 266 g/mol. The van der Waals surface area contributed by atoms with E-state index in [1.54, 1.807) is 0 Å². The highest BCUT2D eigenvalue weighted by molar-refractivity contribution is 9.10. The second-order valence-electron chi connectivity index (χ2n) is 5.09. The lowest BCUT2D eigenvalue weighted by Crippen LogP contribution is -2.22. The Labute approximate surface area is 99.6 Å². The van der Waals surface area contributed by atoms with Crippen molar-refractivity contribution in [2.24, 2.45) is 11.8 Å². The second kappa shape index (κ2) is 3.60. The molecule has 1 saturated heterocycles. The lowest BCUT2D eigenvalue weighted by Gasteiger charge is -2.17. The summed E-state index contributed by atoms with van der Waals surface area (Å²) in [6.45, 7) is 5.95. The first-order chi connectivity index (χ1) is 7.20. The van der Waals surface area contributed by atoms with Crippen LogP contribution in [0.1, 0.15) is 17.5 Å². The number of hydrogen-bond donors (Lipinski definition) is 0. The molecule has 1 aromatic rings. The van der Waals surface area contributed by atoms with Crippen LogP contribution in [0, 0.1) is 18.8 Å². The molecule has 1 saturated carbocycles. The number of rotatable bonds is 2. The van der Waals surface area contributed by atoms with Crippen LogP contribution in [-0.4, -0.2) is 18.0 Å². The molecular formula is C13H16BrN. The zero-order valence-corrected chi connectivity index (χ0v) is 10.6. The van der Waals surface area contributed by atoms with Crippen LogP contribution in [0.2, 0.25) is 0 Å². The van der Waals surface area contributed by atoms with Gasteiger partial charge in [-0.05, 0) is 48.4 Å². The molecule has 0 radical (unpaired) electrons. The fourth-order valence-electron chi connectivity index (χ4n) is 2.79. The van der Waals surface area contributed by atoms with E-state index < -0.39 is 0 Å². The molecule has 2 heteroatoms. The Morgan fingerprint density at radius 2 is 2.00 bits per heavy atom. The summed E-state index contributed by atoms with van der Waals surface area (Å²) in [4.78, 5) is 2.60. The van der Waals surface area contributed by atoms with Gasteiger partial charge in [-0.3, -0.25) is 4.90 Å². The Morgan fingerprint density at radius 3 is 2.67 bits per heavy atom. The van der Waals surface area contributed by atoms with Gasteiger partial charge in [0.2, 0.25) is 0 Å². The van der Waals surface area contributed by atoms with Crippen molar-refractivity contribution in [2.45, 2.75) is 19.9 Å². The average Bonchev–Trinajstić information content (AvgIpc) is 2.72. The maximum Gasteiger partial charge on any atom is 0.0234 e. The van der Waals surface area contributed by atoms with E-state index >= 15 is 0 Å². The lowest BCUT2D eigenvalue weighted by atomic mass is 10.1. The Hall–Kier alpha value is -0.340. The van der Waals surface area contributed by atoms with Gasteiger partial charge in [-0.25, -0.2) is 0 Å². The number of aryl methyl sites for hydroxylation is 1. The number of fused-ring (bicyclic) bond motifs is 1. The number of nitrogens with zero attached hydrogens (tertiary/aromatic N) is 1. The van der Waals surface area contributed by atoms with E-state index in [-0.39, 0.29) is 0 Å². The summed E-state index contributed by atoms with van der Waals surface area (Å²) < 4.78 is 1.21. The van der Waals surface area contributed by atoms with E-state index in [1.165, 1.54) is 35.1 Å². The number of likely N-dealkylation sites (tertiary alicyclic amines) is 1. The number of hydrogen-bond acceptors (Lipinski definition) is 1. The van der Waals surface area contributed by atoms with Gasteiger partial charge in [0.1, 0.15) is 0 Å². The minimum atomic E-state index is 1.04. The summed E-state index contributed by atoms with van der Waals surface area (Å²) in [7, 11) is 0. The normalized spacial score (nSPS) is 29.2. The molecule has 1 aromatic carbocycles. The molecule has 0 amide bonds. The van der Waals surface area contributed by atoms with Gasteiger partial charge in [0.15, 0.2) is 0 Å². The van der Waals surface area contributed by atoms with E-state index in [0.717, 1.165) is 18.4 Å². The number of halogens is 1. The predicted molar refractivity (Wildman–Crippen MR) is 65.8 cm³/mol. The van der Waals surface area contributed by atoms with Gasteiger partial charge in [0.05, 0.1) is 0 Å². The molecule has 0 bridgehead atoms. The molecule has 2 atom stereocenters. The zero-order valence-electron chi connectivity index (χ0n) is 9.04. The van der Waals surface area contributed by atoms with Crippen molar-refractivity contribution in [1.82, 2.24) is 4.90 Å². The molecule has 0 N–H and O–H groups in total. The maximum atomic E-state index is 3.56. The molecule has 2 aliphatic rings. The zero-order chi connectivity index (χ0) is 10.4. The quantitative estimate of drug-likeness (QED) is 0.794. The van der Waals surface area contributed by atoms with Gasteiger partial charge in [-0.15, -0.1) is 0 Å². The summed E-state index contributed by atoms with van der Waals surface area (Å²) in [6.07, 6.45) is 1.49. The number of benzene rings is 1. The molecular weight excluding hydrogens is 250 g/mol. The highest BCUT2D eigenvalue weighted by Crippen LogP contribution is 2.45. The minimum Gasteiger partial charge on any atom is -0.299 e. The minimum absolute atomic E-state index is 1.04. The van der Waals surface area contributed by atoms with Crippen LogP contribution in [0.25, 0.3) is 0 Å². The molecule has 3 rings (SSSR count). The van der Waals surface area contributed by atoms with Gasteiger partial charge in [0, 0.05) is 24.1 Å². The molecule has 80 valence electrons. The van der Waals surface area contributed by atoms with E-state index in [1.807, 2.05) is 0 Å². The van der Waals surface area contributed by atoms with Crippen molar-refractivity contribution < 1.29 is 0 Å². The maximum absolute atomic E-state index is 3.56. The van der Waals surface area contributed by atoms with E-state index in [4.69, 9.17) is 0 Å². The van der Waals surface area contributed by atoms with Gasteiger partial charge < -0.3 is 0 Å². The van der Waals surface area contributed by atoms with Crippen LogP contribution in [0.5, 0.6) is 0 Å². The topological polar surface area (TPSA) is 3.24 Å². The van der Waals surface area contributed by atoms with Gasteiger partial charge in [-0.1, -0.05) is 22.0 Å². The van der Waals surface area contributed by atoms with Crippen LogP contribution in [-0.2, 0) is 6.54 Å². The third-order valence-corrected chi connectivity index (χ3v) is 4.02. The third kappa shape index (κ3) is 2.11. The Kier molecular flexibility index (Phi) is 2.37. The van der Waals surface area contributed by atoms with E-state index in [2.05, 4.69) is 46.0 Å². The number of piperidine rings is 1. The summed E-state index contributed by atoms with van der Waals surface area (Å²) >= 11 is 3.56. The van der Waals surface area contributed by atoms with Crippen LogP contribution in [0.3, 0.4) is 0 Å². The van der Waals surface area contributed by atoms with Gasteiger partial charge in [0.25, 0.3) is 0 Å². The monoisotopic (exact) mass is 265 g/mol. The second-order valence-corrected chi connectivity index (χ2v) is 6.00. The molecule has 2 fully saturated rings. The van der Waals surface area contributed by atoms with Crippen LogP contribution < -0.4 is 0 Å². The summed E-state index contributed by atoms with van der Waals surface area (Å²) in [5.41, 5.74) is 2.80. The van der Waals surface area contributed by atoms with Crippen molar-refractivity contribution >= 4 is 15.9 Å². The first-order valence-electron chi connectivity index (χ1n) is 5.69. The largest absolute Gasteiger partial charge is 0.299 e. The molecule has 15 heavy (non-hydrogen) atoms. The fraction of sp³-hybridized carbons (Fsp3) is 0.538. The van der Waals surface area contributed by atoms with Gasteiger partial charge in [-0.2, -0.15) is 0 Å². The Bertz CT molecular complexity index is 358. The van der Waals surface area contributed by atoms with Gasteiger partial charge >= 0.3 is 0 Å². The molecule has 2 unspecified atom stereocenters. The van der Waals surface area contributed by atoms with Crippen LogP contribution in [0.15, 0.2) is 22.7 Å². The van der Waals surface area contributed by atoms with E-state index in [9.17, 15) is 0 Å². The van der Waals surface area contributed by atoms with E-state index in [0.29, 0.717) is 0 Å². The SMILES string of the molecule is Cc1cc(Br)cc(CN2CC3CC3C2)c1. The first-order valence-corrected chi connectivity index (χ1v) is 6.48. The van der Waals surface area contributed by atoms with Crippen molar-refractivity contribution in [3.8, 4) is 0 Å². The summed E-state index contributed by atoms with van der Waals surface area (Å²) in [5, 5.41) is 0. The van der Waals surface area contributed by atoms with Crippen molar-refractivity contribution in [2.75, 3.05) is 13.1 Å². The summed E-state index contributed by atoms with van der Waals surface area (Å²) in [5.74, 6) is 2.08. The Morgan fingerprint density at radius 1 is 1.27 bits per heavy atom. The van der Waals surface area contributed by atoms with Crippen LogP contribution >= 0.6 is 15.9 Å². The predicted octanol–water partition coefficient (Wildman–Crippen LogP) is 3.21. The standard InChI is InChI=1S/C13H16BrN/c1-9-2-10(4-13(14)3-9)6-15-7-11-5-12(11)8-15/h2-4,11-12H,5-8H2,1H3. The highest BCUT2D eigenvalue weighted by atomic mass is 79.9. The van der Waals surface area contributed by atoms with Crippen molar-refractivity contribution in [1.29, 1.82) is 0 Å². The van der Waals surface area contributed by atoms with Crippen molar-refractivity contribution in [3.63, 3.8) is 0 Å².